The summed E-state index contributed by atoms with van der Waals surface area (Å²) in [4.78, 5) is 2.40. The van der Waals surface area contributed by atoms with Crippen molar-refractivity contribution in [2.24, 2.45) is 5.41 Å². The Balaban J connectivity index is 2.28. The highest BCUT2D eigenvalue weighted by Crippen LogP contribution is 2.36. The standard InChI is InChI=1S/C14H26N4/c1-10(2)18-13(12(15)11(3)16-18)17-8-6-14(4,5)7-9-17/h10H,6-9,15H2,1-5H3. The van der Waals surface area contributed by atoms with Crippen LogP contribution in [-0.2, 0) is 0 Å². The van der Waals surface area contributed by atoms with E-state index in [1.165, 1.54) is 12.8 Å². The summed E-state index contributed by atoms with van der Waals surface area (Å²) in [5, 5.41) is 4.57. The molecule has 0 aliphatic carbocycles. The van der Waals surface area contributed by atoms with Crippen LogP contribution in [-0.4, -0.2) is 22.9 Å². The average molecular weight is 250 g/mol. The van der Waals surface area contributed by atoms with E-state index in [1.807, 2.05) is 6.92 Å². The third-order valence-corrected chi connectivity index (χ3v) is 4.01. The molecule has 102 valence electrons. The molecule has 2 heterocycles. The first-order valence-electron chi connectivity index (χ1n) is 6.91. The Bertz CT molecular complexity index is 421. The summed E-state index contributed by atoms with van der Waals surface area (Å²) in [5.74, 6) is 1.12. The molecule has 0 spiro atoms. The fourth-order valence-electron chi connectivity index (χ4n) is 2.55. The molecule has 0 saturated carbocycles. The largest absolute Gasteiger partial charge is 0.394 e. The molecule has 0 aromatic carbocycles. The van der Waals surface area contributed by atoms with Gasteiger partial charge in [-0.1, -0.05) is 13.8 Å². The van der Waals surface area contributed by atoms with Gasteiger partial charge in [0.2, 0.25) is 0 Å². The first kappa shape index (κ1) is 13.2. The molecule has 1 saturated heterocycles. The van der Waals surface area contributed by atoms with Gasteiger partial charge >= 0.3 is 0 Å². The number of aryl methyl sites for hydroxylation is 1. The maximum Gasteiger partial charge on any atom is 0.150 e. The Hall–Kier alpha value is -1.19. The molecule has 0 radical (unpaired) electrons. The summed E-state index contributed by atoms with van der Waals surface area (Å²) in [5.41, 5.74) is 8.47. The molecule has 1 aliphatic heterocycles. The van der Waals surface area contributed by atoms with Crippen molar-refractivity contribution in [1.29, 1.82) is 0 Å². The highest BCUT2D eigenvalue weighted by atomic mass is 15.4. The number of rotatable bonds is 2. The molecule has 0 bridgehead atoms. The second-order valence-electron chi connectivity index (χ2n) is 6.51. The smallest absolute Gasteiger partial charge is 0.150 e. The highest BCUT2D eigenvalue weighted by molar-refractivity contribution is 5.66. The first-order valence-corrected chi connectivity index (χ1v) is 6.91. The molecule has 0 atom stereocenters. The fraction of sp³-hybridized carbons (Fsp3) is 0.786. The Kier molecular flexibility index (Phi) is 3.30. The van der Waals surface area contributed by atoms with Crippen molar-refractivity contribution in [2.45, 2.75) is 53.5 Å². The zero-order valence-corrected chi connectivity index (χ0v) is 12.3. The lowest BCUT2D eigenvalue weighted by Gasteiger charge is -2.38. The van der Waals surface area contributed by atoms with E-state index in [9.17, 15) is 0 Å². The van der Waals surface area contributed by atoms with E-state index in [1.54, 1.807) is 0 Å². The van der Waals surface area contributed by atoms with Crippen molar-refractivity contribution in [1.82, 2.24) is 9.78 Å². The molecular formula is C14H26N4. The van der Waals surface area contributed by atoms with E-state index in [-0.39, 0.29) is 0 Å². The van der Waals surface area contributed by atoms with Gasteiger partial charge in [-0.15, -0.1) is 0 Å². The van der Waals surface area contributed by atoms with Crippen molar-refractivity contribution in [2.75, 3.05) is 23.7 Å². The molecular weight excluding hydrogens is 224 g/mol. The molecule has 2 rings (SSSR count). The monoisotopic (exact) mass is 250 g/mol. The predicted molar refractivity (Wildman–Crippen MR) is 77.0 cm³/mol. The van der Waals surface area contributed by atoms with Gasteiger partial charge in [0.05, 0.1) is 11.4 Å². The van der Waals surface area contributed by atoms with Crippen LogP contribution in [0.4, 0.5) is 11.5 Å². The average Bonchev–Trinajstić information content (AvgIpc) is 2.57. The van der Waals surface area contributed by atoms with Gasteiger partial charge in [0.1, 0.15) is 0 Å². The molecule has 1 aliphatic rings. The summed E-state index contributed by atoms with van der Waals surface area (Å²) in [6.07, 6.45) is 2.43. The Morgan fingerprint density at radius 3 is 2.28 bits per heavy atom. The number of hydrogen-bond acceptors (Lipinski definition) is 3. The summed E-state index contributed by atoms with van der Waals surface area (Å²) >= 11 is 0. The van der Waals surface area contributed by atoms with E-state index in [4.69, 9.17) is 5.73 Å². The second-order valence-corrected chi connectivity index (χ2v) is 6.51. The molecule has 4 nitrogen and oxygen atoms in total. The van der Waals surface area contributed by atoms with Gasteiger partial charge in [-0.25, -0.2) is 4.68 Å². The normalized spacial score (nSPS) is 19.6. The topological polar surface area (TPSA) is 47.1 Å². The third-order valence-electron chi connectivity index (χ3n) is 4.01. The molecule has 18 heavy (non-hydrogen) atoms. The van der Waals surface area contributed by atoms with E-state index in [0.717, 1.165) is 30.3 Å². The van der Waals surface area contributed by atoms with Gasteiger partial charge in [0, 0.05) is 19.1 Å². The predicted octanol–water partition coefficient (Wildman–Crippen LogP) is 2.98. The molecule has 1 aromatic rings. The molecule has 1 aromatic heterocycles. The minimum Gasteiger partial charge on any atom is -0.394 e. The van der Waals surface area contributed by atoms with Crippen LogP contribution < -0.4 is 10.6 Å². The van der Waals surface area contributed by atoms with Crippen molar-refractivity contribution in [3.8, 4) is 0 Å². The quantitative estimate of drug-likeness (QED) is 0.877. The van der Waals surface area contributed by atoms with Gasteiger partial charge in [0.25, 0.3) is 0 Å². The fourth-order valence-corrected chi connectivity index (χ4v) is 2.55. The third kappa shape index (κ3) is 2.33. The molecule has 0 unspecified atom stereocenters. The summed E-state index contributed by atoms with van der Waals surface area (Å²) in [6, 6.07) is 0.353. The Labute approximate surface area is 110 Å². The number of aromatic nitrogens is 2. The number of piperidine rings is 1. The first-order chi connectivity index (χ1) is 8.32. The maximum atomic E-state index is 6.21. The van der Waals surface area contributed by atoms with E-state index in [2.05, 4.69) is 42.4 Å². The van der Waals surface area contributed by atoms with E-state index >= 15 is 0 Å². The molecule has 1 fully saturated rings. The Morgan fingerprint density at radius 2 is 1.78 bits per heavy atom. The van der Waals surface area contributed by atoms with Crippen molar-refractivity contribution in [3.05, 3.63) is 5.69 Å². The molecule has 0 amide bonds. The SMILES string of the molecule is Cc1nn(C(C)C)c(N2CCC(C)(C)CC2)c1N. The summed E-state index contributed by atoms with van der Waals surface area (Å²) in [7, 11) is 0. The van der Waals surface area contributed by atoms with E-state index in [0.29, 0.717) is 11.5 Å². The lowest BCUT2D eigenvalue weighted by molar-refractivity contribution is 0.277. The minimum absolute atomic E-state index is 0.353. The van der Waals surface area contributed by atoms with Crippen LogP contribution in [0.25, 0.3) is 0 Å². The van der Waals surface area contributed by atoms with Crippen LogP contribution >= 0.6 is 0 Å². The zero-order valence-electron chi connectivity index (χ0n) is 12.3. The highest BCUT2D eigenvalue weighted by Gasteiger charge is 2.29. The van der Waals surface area contributed by atoms with Crippen LogP contribution in [0.3, 0.4) is 0 Å². The lowest BCUT2D eigenvalue weighted by atomic mass is 9.83. The van der Waals surface area contributed by atoms with Gasteiger partial charge in [-0.05, 0) is 39.0 Å². The molecule has 2 N–H and O–H groups in total. The minimum atomic E-state index is 0.353. The number of nitrogens with zero attached hydrogens (tertiary/aromatic N) is 3. The second kappa shape index (κ2) is 4.48. The summed E-state index contributed by atoms with van der Waals surface area (Å²) in [6.45, 7) is 13.2. The van der Waals surface area contributed by atoms with Crippen molar-refractivity contribution in [3.63, 3.8) is 0 Å². The number of hydrogen-bond donors (Lipinski definition) is 1. The van der Waals surface area contributed by atoms with Crippen molar-refractivity contribution < 1.29 is 0 Å². The van der Waals surface area contributed by atoms with Crippen LogP contribution in [0.5, 0.6) is 0 Å². The summed E-state index contributed by atoms with van der Waals surface area (Å²) < 4.78 is 2.07. The maximum absolute atomic E-state index is 6.21. The zero-order chi connectivity index (χ0) is 13.5. The van der Waals surface area contributed by atoms with Crippen LogP contribution in [0.15, 0.2) is 0 Å². The Morgan fingerprint density at radius 1 is 1.22 bits per heavy atom. The number of anilines is 2. The van der Waals surface area contributed by atoms with Crippen LogP contribution in [0.1, 0.15) is 52.3 Å². The molecule has 4 heteroatoms. The number of nitrogen functional groups attached to an aromatic ring is 1. The van der Waals surface area contributed by atoms with Crippen LogP contribution in [0.2, 0.25) is 0 Å². The lowest BCUT2D eigenvalue weighted by Crippen LogP contribution is -2.39. The van der Waals surface area contributed by atoms with E-state index < -0.39 is 0 Å². The van der Waals surface area contributed by atoms with Gasteiger partial charge in [-0.3, -0.25) is 0 Å². The van der Waals surface area contributed by atoms with Gasteiger partial charge in [0.15, 0.2) is 5.82 Å². The van der Waals surface area contributed by atoms with Gasteiger partial charge in [-0.2, -0.15) is 5.10 Å². The van der Waals surface area contributed by atoms with Crippen LogP contribution in [0, 0.1) is 12.3 Å². The number of nitrogens with two attached hydrogens (primary N) is 1. The van der Waals surface area contributed by atoms with Gasteiger partial charge < -0.3 is 10.6 Å². The van der Waals surface area contributed by atoms with Crippen molar-refractivity contribution >= 4 is 11.5 Å².